The van der Waals surface area contributed by atoms with Crippen molar-refractivity contribution < 1.29 is 92.3 Å². The summed E-state index contributed by atoms with van der Waals surface area (Å²) in [6.07, 6.45) is -14.2. The zero-order valence-electron chi connectivity index (χ0n) is 33.7. The summed E-state index contributed by atoms with van der Waals surface area (Å²) in [5, 5.41) is 67.6. The number of methoxy groups -OCH3 is 3. The number of aliphatic hydroxyl groups is 5. The molecule has 0 amide bonds. The Balaban J connectivity index is 1.21. The molecule has 0 aromatic heterocycles. The quantitative estimate of drug-likeness (QED) is 0.149. The molecule has 6 N–H and O–H groups in total. The number of phenolic OH excluding ortho intramolecular Hbond substituents is 1. The van der Waals surface area contributed by atoms with Crippen LogP contribution in [-0.2, 0) is 47.4 Å². The number of carbonyl (C=O) groups excluding carboxylic acids is 2. The lowest BCUT2D eigenvalue weighted by atomic mass is 9.77. The van der Waals surface area contributed by atoms with Gasteiger partial charge in [0.25, 0.3) is 11.6 Å². The van der Waals surface area contributed by atoms with Crippen LogP contribution >= 0.6 is 0 Å². The highest BCUT2D eigenvalue weighted by atomic mass is 16.9. The van der Waals surface area contributed by atoms with Gasteiger partial charge in [0.1, 0.15) is 35.6 Å². The molecule has 6 aliphatic heterocycles. The molecule has 6 heterocycles. The first-order chi connectivity index (χ1) is 27.8. The Bertz CT molecular complexity index is 2080. The average Bonchev–Trinajstić information content (AvgIpc) is 3.84. The lowest BCUT2D eigenvalue weighted by Crippen LogP contribution is -2.72. The molecule has 0 radical (unpaired) electrons. The highest BCUT2D eigenvalue weighted by molar-refractivity contribution is 6.13. The molecule has 1 spiro atoms. The van der Waals surface area contributed by atoms with Crippen molar-refractivity contribution in [3.63, 3.8) is 0 Å². The number of aliphatic hydroxyl groups excluding tert-OH is 3. The van der Waals surface area contributed by atoms with Crippen molar-refractivity contribution in [3.05, 3.63) is 28.3 Å². The van der Waals surface area contributed by atoms with Crippen molar-refractivity contribution in [2.45, 2.75) is 150 Å². The van der Waals surface area contributed by atoms with Crippen molar-refractivity contribution in [1.29, 1.82) is 0 Å². The third-order valence-electron chi connectivity index (χ3n) is 13.5. The van der Waals surface area contributed by atoms with E-state index in [0.29, 0.717) is 11.1 Å². The SMILES string of the molecule is COc1c2c(c(O)c3c4c(c(C)cc13)[C@@H]1O[C@@]3(C(OC)OC)O[C@@H]1[C@@](OC1CC(O)C(O)(C(C)=O)C(C)O1)(O4)[C@@]31CO1)C(=O)[C@@H](O)C[C@@H]2OC1CC(C)(O)C(O)C(C)O1. The minimum Gasteiger partial charge on any atom is -0.506 e. The third kappa shape index (κ3) is 5.26. The summed E-state index contributed by atoms with van der Waals surface area (Å²) >= 11 is 0. The van der Waals surface area contributed by atoms with E-state index in [2.05, 4.69) is 0 Å². The second kappa shape index (κ2) is 13.4. The van der Waals surface area contributed by atoms with Gasteiger partial charge in [-0.2, -0.15) is 0 Å². The van der Waals surface area contributed by atoms with Gasteiger partial charge in [-0.05, 0) is 46.2 Å². The number of benzene rings is 2. The Kier molecular flexibility index (Phi) is 9.39. The van der Waals surface area contributed by atoms with Gasteiger partial charge in [0.15, 0.2) is 35.9 Å². The summed E-state index contributed by atoms with van der Waals surface area (Å²) in [4.78, 5) is 26.5. The van der Waals surface area contributed by atoms with E-state index in [1.165, 1.54) is 35.2 Å². The second-order valence-electron chi connectivity index (χ2n) is 16.9. The highest BCUT2D eigenvalue weighted by Crippen LogP contribution is 2.72. The topological polar surface area (TPSA) is 260 Å². The molecule has 324 valence electrons. The highest BCUT2D eigenvalue weighted by Gasteiger charge is 2.94. The van der Waals surface area contributed by atoms with E-state index in [1.807, 2.05) is 0 Å². The molecule has 9 rings (SSSR count). The summed E-state index contributed by atoms with van der Waals surface area (Å²) in [5.74, 6) is -5.82. The lowest BCUT2D eigenvalue weighted by molar-refractivity contribution is -0.385. The number of Topliss-reactive ketones (excluding diaryl/α,β-unsaturated/α-hetero) is 2. The van der Waals surface area contributed by atoms with Gasteiger partial charge < -0.3 is 82.7 Å². The van der Waals surface area contributed by atoms with E-state index < -0.39 is 113 Å². The fourth-order valence-corrected chi connectivity index (χ4v) is 10.4. The molecule has 15 atom stereocenters. The first-order valence-electron chi connectivity index (χ1n) is 19.6. The van der Waals surface area contributed by atoms with Crippen molar-refractivity contribution in [3.8, 4) is 17.2 Å². The van der Waals surface area contributed by atoms with Crippen molar-refractivity contribution in [2.24, 2.45) is 0 Å². The van der Waals surface area contributed by atoms with Gasteiger partial charge >= 0.3 is 0 Å². The average molecular weight is 835 g/mol. The van der Waals surface area contributed by atoms with Gasteiger partial charge in [0, 0.05) is 50.0 Å². The zero-order valence-corrected chi connectivity index (χ0v) is 33.7. The molecule has 1 aliphatic carbocycles. The van der Waals surface area contributed by atoms with E-state index in [1.54, 1.807) is 19.9 Å². The number of ether oxygens (including phenoxy) is 11. The number of phenols is 1. The number of rotatable bonds is 9. The first kappa shape index (κ1) is 41.2. The standard InChI is InChI=1S/C40H50O19/c1-14-9-18-25(29(45)27-26(30(18)49-6)20(10-19(42)28(27)44)55-23-12-36(5,47)33(46)15(2)53-23)31-24(14)32-34-39(57-31,37(13-52-37)40(58-32,59-34)35(50-7)51-8)56-22-11-21(43)38(48,16(3)41)17(4)54-22/h9,15,17,19-23,32-35,42-43,45-48H,10-13H2,1-8H3/t15?,17?,19-,20-,21?,22?,23?,32-,33?,34-,36?,37-,38?,39+,40-/m0/s1. The van der Waals surface area contributed by atoms with Gasteiger partial charge in [-0.15, -0.1) is 0 Å². The van der Waals surface area contributed by atoms with Crippen LogP contribution in [-0.4, -0.2) is 154 Å². The van der Waals surface area contributed by atoms with E-state index in [9.17, 15) is 40.2 Å². The summed E-state index contributed by atoms with van der Waals surface area (Å²) in [7, 11) is 4.16. The minimum absolute atomic E-state index is 0.00957. The van der Waals surface area contributed by atoms with Crippen LogP contribution in [0.15, 0.2) is 6.07 Å². The predicted octanol–water partition coefficient (Wildman–Crippen LogP) is 0.590. The molecule has 7 aliphatic rings. The number of carbonyl (C=O) groups is 2. The van der Waals surface area contributed by atoms with Crippen LogP contribution < -0.4 is 9.47 Å². The maximum Gasteiger partial charge on any atom is 0.279 e. The van der Waals surface area contributed by atoms with Crippen LogP contribution in [0.5, 0.6) is 17.2 Å². The molecule has 8 unspecified atom stereocenters. The number of epoxide rings is 1. The Labute approximate surface area is 337 Å². The summed E-state index contributed by atoms with van der Waals surface area (Å²) in [5.41, 5.74) is -4.66. The molecule has 2 aromatic carbocycles. The molecule has 19 nitrogen and oxygen atoms in total. The molecule has 0 saturated carbocycles. The Morgan fingerprint density at radius 3 is 2.29 bits per heavy atom. The maximum atomic E-state index is 14.0. The smallest absolute Gasteiger partial charge is 0.279 e. The van der Waals surface area contributed by atoms with E-state index in [0.717, 1.165) is 6.92 Å². The zero-order chi connectivity index (χ0) is 42.5. The van der Waals surface area contributed by atoms with Crippen LogP contribution in [0.1, 0.15) is 86.2 Å². The number of aryl methyl sites for hydroxylation is 1. The monoisotopic (exact) mass is 834 g/mol. The number of aromatic hydroxyl groups is 1. The van der Waals surface area contributed by atoms with E-state index in [4.69, 9.17) is 52.1 Å². The van der Waals surface area contributed by atoms with Crippen LogP contribution in [0.25, 0.3) is 10.8 Å². The van der Waals surface area contributed by atoms with Gasteiger partial charge in [-0.3, -0.25) is 9.59 Å². The molecular formula is C40H50O19. The molecule has 2 aromatic rings. The summed E-state index contributed by atoms with van der Waals surface area (Å²) in [6.45, 7) is 7.30. The van der Waals surface area contributed by atoms with Crippen LogP contribution in [0, 0.1) is 6.92 Å². The van der Waals surface area contributed by atoms with Crippen LogP contribution in [0.3, 0.4) is 0 Å². The second-order valence-corrected chi connectivity index (χ2v) is 16.9. The van der Waals surface area contributed by atoms with Crippen molar-refractivity contribution in [1.82, 2.24) is 0 Å². The minimum atomic E-state index is -2.23. The van der Waals surface area contributed by atoms with Gasteiger partial charge in [0.05, 0.1) is 54.7 Å². The Morgan fingerprint density at radius 2 is 1.69 bits per heavy atom. The molecule has 5 fully saturated rings. The number of hydrogen-bond donors (Lipinski definition) is 6. The lowest BCUT2D eigenvalue weighted by Gasteiger charge is -2.52. The van der Waals surface area contributed by atoms with E-state index >= 15 is 0 Å². The molecule has 2 bridgehead atoms. The fraction of sp³-hybridized carbons (Fsp3) is 0.700. The fourth-order valence-electron chi connectivity index (χ4n) is 10.4. The Morgan fingerprint density at radius 1 is 1.00 bits per heavy atom. The van der Waals surface area contributed by atoms with E-state index in [-0.39, 0.29) is 59.3 Å². The first-order valence-corrected chi connectivity index (χ1v) is 19.6. The van der Waals surface area contributed by atoms with Gasteiger partial charge in [-0.1, -0.05) is 0 Å². The molecule has 19 heteroatoms. The van der Waals surface area contributed by atoms with Crippen molar-refractivity contribution >= 4 is 22.3 Å². The Hall–Kier alpha value is -3.12. The largest absolute Gasteiger partial charge is 0.506 e. The van der Waals surface area contributed by atoms with Gasteiger partial charge in [0.2, 0.25) is 11.9 Å². The van der Waals surface area contributed by atoms with Crippen molar-refractivity contribution in [2.75, 3.05) is 27.9 Å². The number of fused-ring (bicyclic) bond motifs is 8. The maximum absolute atomic E-state index is 14.0. The normalized spacial score (nSPS) is 44.5. The third-order valence-corrected chi connectivity index (χ3v) is 13.5. The number of hydrogen-bond acceptors (Lipinski definition) is 19. The molecule has 5 saturated heterocycles. The predicted molar refractivity (Wildman–Crippen MR) is 194 cm³/mol. The van der Waals surface area contributed by atoms with Crippen LogP contribution in [0.2, 0.25) is 0 Å². The summed E-state index contributed by atoms with van der Waals surface area (Å²) in [6, 6.07) is 1.72. The number of ketones is 2. The summed E-state index contributed by atoms with van der Waals surface area (Å²) < 4.78 is 69.2. The van der Waals surface area contributed by atoms with Crippen LogP contribution in [0.4, 0.5) is 0 Å². The van der Waals surface area contributed by atoms with Gasteiger partial charge in [-0.25, -0.2) is 0 Å². The molecule has 59 heavy (non-hydrogen) atoms. The molecular weight excluding hydrogens is 784 g/mol.